The van der Waals surface area contributed by atoms with Crippen molar-refractivity contribution in [3.05, 3.63) is 44.8 Å². The topological polar surface area (TPSA) is 64.6 Å². The van der Waals surface area contributed by atoms with Gasteiger partial charge in [0, 0.05) is 9.90 Å². The Morgan fingerprint density at radius 3 is 2.67 bits per heavy atom. The summed E-state index contributed by atoms with van der Waals surface area (Å²) in [4.78, 5) is 26.8. The van der Waals surface area contributed by atoms with E-state index in [9.17, 15) is 9.59 Å². The van der Waals surface area contributed by atoms with Crippen LogP contribution in [0.1, 0.15) is 60.5 Å². The molecular weight excluding hydrogens is 422 g/mol. The van der Waals surface area contributed by atoms with Crippen LogP contribution >= 0.6 is 22.9 Å². The van der Waals surface area contributed by atoms with Crippen LogP contribution in [-0.4, -0.2) is 24.1 Å². The summed E-state index contributed by atoms with van der Waals surface area (Å²) in [6.07, 6.45) is 1.79. The van der Waals surface area contributed by atoms with Crippen molar-refractivity contribution in [3.63, 3.8) is 0 Å². The van der Waals surface area contributed by atoms with E-state index in [1.165, 1.54) is 11.3 Å². The summed E-state index contributed by atoms with van der Waals surface area (Å²) in [5.41, 5.74) is 2.36. The standard InChI is InChI=1S/C23H28ClNO4S/c1-12(2)28-23(27)20-17-8-6-13(3)10-19(17)30-22(20)25-21(26)15(5)29-18-9-7-16(24)11-14(18)4/h7,9,11-13,15H,6,8,10H2,1-5H3,(H,25,26). The van der Waals surface area contributed by atoms with Crippen molar-refractivity contribution in [2.45, 2.75) is 66.1 Å². The second kappa shape index (κ2) is 9.40. The minimum absolute atomic E-state index is 0.228. The number of anilines is 1. The predicted molar refractivity (Wildman–Crippen MR) is 121 cm³/mol. The number of carbonyl (C=O) groups excluding carboxylic acids is 2. The van der Waals surface area contributed by atoms with E-state index in [1.54, 1.807) is 25.1 Å². The molecule has 2 unspecified atom stereocenters. The Morgan fingerprint density at radius 1 is 1.27 bits per heavy atom. The maximum absolute atomic E-state index is 12.9. The van der Waals surface area contributed by atoms with Crippen molar-refractivity contribution in [2.24, 2.45) is 5.92 Å². The Labute approximate surface area is 186 Å². The third-order valence-corrected chi connectivity index (χ3v) is 6.51. The molecule has 30 heavy (non-hydrogen) atoms. The number of hydrogen-bond acceptors (Lipinski definition) is 5. The number of rotatable bonds is 6. The molecule has 0 radical (unpaired) electrons. The van der Waals surface area contributed by atoms with Gasteiger partial charge in [0.1, 0.15) is 10.8 Å². The van der Waals surface area contributed by atoms with E-state index in [2.05, 4.69) is 12.2 Å². The average molecular weight is 450 g/mol. The molecule has 0 aliphatic heterocycles. The lowest BCUT2D eigenvalue weighted by Crippen LogP contribution is -2.30. The number of nitrogens with one attached hydrogen (secondary N) is 1. The molecule has 0 fully saturated rings. The van der Waals surface area contributed by atoms with E-state index < -0.39 is 6.10 Å². The van der Waals surface area contributed by atoms with Gasteiger partial charge in [-0.15, -0.1) is 11.3 Å². The molecule has 0 bridgehead atoms. The van der Waals surface area contributed by atoms with Gasteiger partial charge in [0.2, 0.25) is 0 Å². The smallest absolute Gasteiger partial charge is 0.341 e. The van der Waals surface area contributed by atoms with Crippen molar-refractivity contribution in [1.29, 1.82) is 0 Å². The molecule has 5 nitrogen and oxygen atoms in total. The lowest BCUT2D eigenvalue weighted by molar-refractivity contribution is -0.122. The highest BCUT2D eigenvalue weighted by molar-refractivity contribution is 7.17. The molecule has 1 aromatic heterocycles. The fraction of sp³-hybridized carbons (Fsp3) is 0.478. The number of amides is 1. The molecule has 1 N–H and O–H groups in total. The lowest BCUT2D eigenvalue weighted by Gasteiger charge is -2.19. The van der Waals surface area contributed by atoms with Crippen molar-refractivity contribution < 1.29 is 19.1 Å². The second-order valence-electron chi connectivity index (χ2n) is 8.17. The molecule has 1 aliphatic carbocycles. The first-order chi connectivity index (χ1) is 14.2. The third-order valence-electron chi connectivity index (χ3n) is 5.11. The predicted octanol–water partition coefficient (Wildman–Crippen LogP) is 5.81. The number of halogens is 1. The van der Waals surface area contributed by atoms with Crippen LogP contribution in [0.15, 0.2) is 18.2 Å². The number of hydrogen-bond donors (Lipinski definition) is 1. The Hall–Kier alpha value is -2.05. The van der Waals surface area contributed by atoms with Crippen molar-refractivity contribution in [1.82, 2.24) is 0 Å². The zero-order valence-electron chi connectivity index (χ0n) is 18.0. The van der Waals surface area contributed by atoms with Crippen molar-refractivity contribution in [2.75, 3.05) is 5.32 Å². The van der Waals surface area contributed by atoms with Crippen LogP contribution in [-0.2, 0) is 22.4 Å². The zero-order chi connectivity index (χ0) is 22.0. The first-order valence-corrected chi connectivity index (χ1v) is 11.4. The van der Waals surface area contributed by atoms with Crippen LogP contribution in [0.3, 0.4) is 0 Å². The molecule has 3 rings (SSSR count). The van der Waals surface area contributed by atoms with E-state index in [-0.39, 0.29) is 18.0 Å². The van der Waals surface area contributed by atoms with Gasteiger partial charge in [0.15, 0.2) is 6.10 Å². The number of thiophene rings is 1. The van der Waals surface area contributed by atoms with Crippen LogP contribution in [0.25, 0.3) is 0 Å². The summed E-state index contributed by atoms with van der Waals surface area (Å²) in [6, 6.07) is 5.26. The zero-order valence-corrected chi connectivity index (χ0v) is 19.6. The van der Waals surface area contributed by atoms with Gasteiger partial charge >= 0.3 is 5.97 Å². The quantitative estimate of drug-likeness (QED) is 0.565. The molecule has 1 aromatic carbocycles. The highest BCUT2D eigenvalue weighted by Gasteiger charge is 2.30. The Balaban J connectivity index is 1.82. The Morgan fingerprint density at radius 2 is 2.00 bits per heavy atom. The molecule has 162 valence electrons. The van der Waals surface area contributed by atoms with E-state index in [1.807, 2.05) is 20.8 Å². The van der Waals surface area contributed by atoms with Gasteiger partial charge in [-0.2, -0.15) is 0 Å². The van der Waals surface area contributed by atoms with Gasteiger partial charge in [0.25, 0.3) is 5.91 Å². The number of ether oxygens (including phenoxy) is 2. The fourth-order valence-electron chi connectivity index (χ4n) is 3.53. The van der Waals surface area contributed by atoms with Crippen molar-refractivity contribution >= 4 is 39.8 Å². The Bertz CT molecular complexity index is 953. The largest absolute Gasteiger partial charge is 0.481 e. The molecule has 1 aliphatic rings. The van der Waals surface area contributed by atoms with Gasteiger partial charge in [-0.05, 0) is 82.2 Å². The molecule has 0 saturated carbocycles. The highest BCUT2D eigenvalue weighted by atomic mass is 35.5. The van der Waals surface area contributed by atoms with Gasteiger partial charge in [0.05, 0.1) is 11.7 Å². The highest BCUT2D eigenvalue weighted by Crippen LogP contribution is 2.40. The summed E-state index contributed by atoms with van der Waals surface area (Å²) >= 11 is 7.46. The number of benzene rings is 1. The molecule has 1 amide bonds. The van der Waals surface area contributed by atoms with Crippen LogP contribution in [0.5, 0.6) is 5.75 Å². The monoisotopic (exact) mass is 449 g/mol. The summed E-state index contributed by atoms with van der Waals surface area (Å²) in [5.74, 6) is 0.466. The van der Waals surface area contributed by atoms with E-state index >= 15 is 0 Å². The van der Waals surface area contributed by atoms with E-state index in [0.717, 1.165) is 35.3 Å². The minimum atomic E-state index is -0.739. The maximum atomic E-state index is 12.9. The van der Waals surface area contributed by atoms with Gasteiger partial charge in [-0.1, -0.05) is 18.5 Å². The van der Waals surface area contributed by atoms with Crippen LogP contribution < -0.4 is 10.1 Å². The van der Waals surface area contributed by atoms with Gasteiger partial charge in [-0.25, -0.2) is 4.79 Å². The molecule has 0 saturated heterocycles. The van der Waals surface area contributed by atoms with E-state index in [4.69, 9.17) is 21.1 Å². The molecule has 2 aromatic rings. The number of carbonyl (C=O) groups is 2. The first-order valence-electron chi connectivity index (χ1n) is 10.2. The summed E-state index contributed by atoms with van der Waals surface area (Å²) < 4.78 is 11.3. The lowest BCUT2D eigenvalue weighted by atomic mass is 9.88. The second-order valence-corrected chi connectivity index (χ2v) is 9.71. The fourth-order valence-corrected chi connectivity index (χ4v) is 5.16. The average Bonchev–Trinajstić information content (AvgIpc) is 3.00. The SMILES string of the molecule is Cc1cc(Cl)ccc1OC(C)C(=O)Nc1sc2c(c1C(=O)OC(C)C)CCC(C)C2. The summed E-state index contributed by atoms with van der Waals surface area (Å²) in [6.45, 7) is 9.41. The number of esters is 1. The molecule has 2 atom stereocenters. The molecule has 7 heteroatoms. The molecular formula is C23H28ClNO4S. The van der Waals surface area contributed by atoms with Crippen molar-refractivity contribution in [3.8, 4) is 5.75 Å². The molecule has 0 spiro atoms. The van der Waals surface area contributed by atoms with Gasteiger partial charge < -0.3 is 14.8 Å². The van der Waals surface area contributed by atoms with E-state index in [0.29, 0.717) is 27.3 Å². The first kappa shape index (κ1) is 22.6. The number of fused-ring (bicyclic) bond motifs is 1. The van der Waals surface area contributed by atoms with Crippen LogP contribution in [0.2, 0.25) is 5.02 Å². The maximum Gasteiger partial charge on any atom is 0.341 e. The summed E-state index contributed by atoms with van der Waals surface area (Å²) in [5, 5.41) is 4.08. The third kappa shape index (κ3) is 5.16. The Kier molecular flexibility index (Phi) is 7.09. The van der Waals surface area contributed by atoms with Crippen LogP contribution in [0, 0.1) is 12.8 Å². The minimum Gasteiger partial charge on any atom is -0.481 e. The van der Waals surface area contributed by atoms with Crippen LogP contribution in [0.4, 0.5) is 5.00 Å². The molecule has 1 heterocycles. The van der Waals surface area contributed by atoms with Gasteiger partial charge in [-0.3, -0.25) is 4.79 Å². The normalized spacial score (nSPS) is 16.7. The summed E-state index contributed by atoms with van der Waals surface area (Å²) in [7, 11) is 0. The number of aryl methyl sites for hydroxylation is 1.